The molecule has 0 unspecified atom stereocenters. The molecule has 0 aromatic heterocycles. The molecule has 1 aliphatic rings. The Hall–Kier alpha value is -1.89. The maximum absolute atomic E-state index is 4.93. The van der Waals surface area contributed by atoms with Gasteiger partial charge in [0.25, 0.3) is 0 Å². The van der Waals surface area contributed by atoms with E-state index in [1.54, 1.807) is 0 Å². The summed E-state index contributed by atoms with van der Waals surface area (Å²) in [5.74, 6) is 0. The number of nitrogens with zero attached hydrogens (tertiary/aromatic N) is 1. The molecule has 1 heterocycles. The highest BCUT2D eigenvalue weighted by atomic mass is 14.8. The molecule has 0 amide bonds. The largest absolute Gasteiger partial charge is 0.252 e. The molecule has 2 aromatic rings. The second-order valence-electron chi connectivity index (χ2n) is 5.13. The van der Waals surface area contributed by atoms with Crippen molar-refractivity contribution in [2.75, 3.05) is 0 Å². The minimum absolute atomic E-state index is 0.0813. The zero-order chi connectivity index (χ0) is 13.3. The smallest absolute Gasteiger partial charge is 0.0675 e. The summed E-state index contributed by atoms with van der Waals surface area (Å²) in [5.41, 5.74) is 5.10. The number of fused-ring (bicyclic) bond motifs is 1. The van der Waals surface area contributed by atoms with Crippen LogP contribution in [0.2, 0.25) is 0 Å². The molecule has 0 aliphatic carbocycles. The quantitative estimate of drug-likeness (QED) is 0.735. The molecule has 3 rings (SSSR count). The Morgan fingerprint density at radius 1 is 0.842 bits per heavy atom. The lowest BCUT2D eigenvalue weighted by Gasteiger charge is -2.30. The second kappa shape index (κ2) is 4.65. The average Bonchev–Trinajstić information content (AvgIpc) is 2.83. The Labute approximate surface area is 115 Å². The highest BCUT2D eigenvalue weighted by Gasteiger charge is 2.40. The summed E-state index contributed by atoms with van der Waals surface area (Å²) in [7, 11) is 0. The van der Waals surface area contributed by atoms with E-state index in [4.69, 9.17) is 4.99 Å². The van der Waals surface area contributed by atoms with Crippen molar-refractivity contribution in [3.63, 3.8) is 0 Å². The molecule has 1 aliphatic heterocycles. The van der Waals surface area contributed by atoms with Gasteiger partial charge in [0, 0.05) is 5.41 Å². The van der Waals surface area contributed by atoms with Gasteiger partial charge in [-0.15, -0.1) is 0 Å². The first-order chi connectivity index (χ1) is 9.31. The van der Waals surface area contributed by atoms with E-state index in [-0.39, 0.29) is 5.41 Å². The van der Waals surface area contributed by atoms with Gasteiger partial charge in [-0.25, -0.2) is 0 Å². The van der Waals surface area contributed by atoms with E-state index in [1.165, 1.54) is 16.8 Å². The van der Waals surface area contributed by atoms with Crippen molar-refractivity contribution in [3.8, 4) is 0 Å². The third-order valence-corrected chi connectivity index (χ3v) is 4.36. The van der Waals surface area contributed by atoms with Crippen molar-refractivity contribution in [1.82, 2.24) is 0 Å². The van der Waals surface area contributed by atoms with Crippen LogP contribution in [-0.2, 0) is 5.41 Å². The SMILES string of the molecule is CCC1(CC)C(c2ccccc2)=Nc2ccccc21. The average molecular weight is 249 g/mol. The minimum Gasteiger partial charge on any atom is -0.252 e. The van der Waals surface area contributed by atoms with Crippen LogP contribution in [0.25, 0.3) is 0 Å². The molecule has 0 bridgehead atoms. The molecule has 19 heavy (non-hydrogen) atoms. The van der Waals surface area contributed by atoms with Crippen molar-refractivity contribution in [1.29, 1.82) is 0 Å². The summed E-state index contributed by atoms with van der Waals surface area (Å²) in [6.45, 7) is 4.54. The van der Waals surface area contributed by atoms with Gasteiger partial charge in [0.2, 0.25) is 0 Å². The van der Waals surface area contributed by atoms with E-state index >= 15 is 0 Å². The topological polar surface area (TPSA) is 12.4 Å². The predicted molar refractivity (Wildman–Crippen MR) is 81.3 cm³/mol. The standard InChI is InChI=1S/C18H19N/c1-3-18(4-2)15-12-8-9-13-16(15)19-17(18)14-10-6-5-7-11-14/h5-13H,3-4H2,1-2H3. The van der Waals surface area contributed by atoms with Gasteiger partial charge < -0.3 is 0 Å². The Bertz CT molecular complexity index is 607. The van der Waals surface area contributed by atoms with Crippen LogP contribution in [0, 0.1) is 0 Å². The van der Waals surface area contributed by atoms with E-state index in [0.717, 1.165) is 18.5 Å². The third kappa shape index (κ3) is 1.73. The third-order valence-electron chi connectivity index (χ3n) is 4.36. The summed E-state index contributed by atoms with van der Waals surface area (Å²) in [6.07, 6.45) is 2.18. The highest BCUT2D eigenvalue weighted by Crippen LogP contribution is 2.46. The molecular formula is C18H19N. The lowest BCUT2D eigenvalue weighted by Crippen LogP contribution is -2.32. The predicted octanol–water partition coefficient (Wildman–Crippen LogP) is 4.88. The van der Waals surface area contributed by atoms with E-state index < -0.39 is 0 Å². The van der Waals surface area contributed by atoms with E-state index in [0.29, 0.717) is 0 Å². The number of rotatable bonds is 3. The maximum atomic E-state index is 4.93. The number of para-hydroxylation sites is 1. The molecule has 0 atom stereocenters. The molecule has 0 N–H and O–H groups in total. The van der Waals surface area contributed by atoms with Gasteiger partial charge in [-0.05, 0) is 30.0 Å². The van der Waals surface area contributed by atoms with Gasteiger partial charge in [-0.3, -0.25) is 4.99 Å². The van der Waals surface area contributed by atoms with Crippen molar-refractivity contribution in [2.24, 2.45) is 4.99 Å². The molecule has 0 fully saturated rings. The van der Waals surface area contributed by atoms with Gasteiger partial charge >= 0.3 is 0 Å². The number of hydrogen-bond donors (Lipinski definition) is 0. The summed E-state index contributed by atoms with van der Waals surface area (Å²) >= 11 is 0. The molecule has 1 nitrogen and oxygen atoms in total. The monoisotopic (exact) mass is 249 g/mol. The van der Waals surface area contributed by atoms with Crippen molar-refractivity contribution in [3.05, 3.63) is 65.7 Å². The lowest BCUT2D eigenvalue weighted by molar-refractivity contribution is 0.545. The number of aliphatic imine (C=N–C) groups is 1. The molecule has 1 heteroatoms. The van der Waals surface area contributed by atoms with Crippen LogP contribution in [0.15, 0.2) is 59.6 Å². The Morgan fingerprint density at radius 3 is 2.16 bits per heavy atom. The lowest BCUT2D eigenvalue weighted by atomic mass is 9.71. The fraction of sp³-hybridized carbons (Fsp3) is 0.278. The highest BCUT2D eigenvalue weighted by molar-refractivity contribution is 6.12. The normalized spacial score (nSPS) is 16.0. The van der Waals surface area contributed by atoms with Gasteiger partial charge in [0.15, 0.2) is 0 Å². The van der Waals surface area contributed by atoms with Crippen LogP contribution in [0.5, 0.6) is 0 Å². The Kier molecular flexibility index (Phi) is 2.98. The minimum atomic E-state index is 0.0813. The summed E-state index contributed by atoms with van der Waals surface area (Å²) in [6, 6.07) is 19.2. The van der Waals surface area contributed by atoms with Crippen molar-refractivity contribution in [2.45, 2.75) is 32.1 Å². The van der Waals surface area contributed by atoms with Crippen LogP contribution in [-0.4, -0.2) is 5.71 Å². The van der Waals surface area contributed by atoms with Gasteiger partial charge in [0.1, 0.15) is 0 Å². The number of benzene rings is 2. The van der Waals surface area contributed by atoms with Crippen LogP contribution < -0.4 is 0 Å². The van der Waals surface area contributed by atoms with Crippen LogP contribution in [0.1, 0.15) is 37.8 Å². The first kappa shape index (κ1) is 12.2. The molecule has 96 valence electrons. The van der Waals surface area contributed by atoms with E-state index in [2.05, 4.69) is 68.4 Å². The van der Waals surface area contributed by atoms with E-state index in [9.17, 15) is 0 Å². The number of hydrogen-bond acceptors (Lipinski definition) is 1. The van der Waals surface area contributed by atoms with Crippen LogP contribution in [0.3, 0.4) is 0 Å². The summed E-state index contributed by atoms with van der Waals surface area (Å²) < 4.78 is 0. The summed E-state index contributed by atoms with van der Waals surface area (Å²) in [4.78, 5) is 4.93. The first-order valence-electron chi connectivity index (χ1n) is 7.06. The summed E-state index contributed by atoms with van der Waals surface area (Å²) in [5, 5.41) is 0. The molecule has 0 spiro atoms. The van der Waals surface area contributed by atoms with Crippen molar-refractivity contribution >= 4 is 11.4 Å². The fourth-order valence-corrected chi connectivity index (χ4v) is 3.23. The molecule has 0 radical (unpaired) electrons. The Balaban J connectivity index is 2.21. The second-order valence-corrected chi connectivity index (χ2v) is 5.13. The van der Waals surface area contributed by atoms with Crippen molar-refractivity contribution < 1.29 is 0 Å². The molecule has 0 saturated heterocycles. The molecular weight excluding hydrogens is 230 g/mol. The van der Waals surface area contributed by atoms with Gasteiger partial charge in [-0.2, -0.15) is 0 Å². The Morgan fingerprint density at radius 2 is 1.47 bits per heavy atom. The van der Waals surface area contributed by atoms with Gasteiger partial charge in [0.05, 0.1) is 11.4 Å². The van der Waals surface area contributed by atoms with Crippen LogP contribution in [0.4, 0.5) is 5.69 Å². The molecule has 2 aromatic carbocycles. The zero-order valence-electron chi connectivity index (χ0n) is 11.6. The first-order valence-corrected chi connectivity index (χ1v) is 7.06. The van der Waals surface area contributed by atoms with Gasteiger partial charge in [-0.1, -0.05) is 62.4 Å². The zero-order valence-corrected chi connectivity index (χ0v) is 11.6. The maximum Gasteiger partial charge on any atom is 0.0675 e. The fourth-order valence-electron chi connectivity index (χ4n) is 3.23. The molecule has 0 saturated carbocycles. The van der Waals surface area contributed by atoms with E-state index in [1.807, 2.05) is 0 Å². The van der Waals surface area contributed by atoms with Crippen LogP contribution >= 0.6 is 0 Å².